The Labute approximate surface area is 304 Å². The molecular weight excluding hydrogens is 663 g/mol. The van der Waals surface area contributed by atoms with Gasteiger partial charge < -0.3 is 37.2 Å². The molecule has 0 saturated carbocycles. The summed E-state index contributed by atoms with van der Waals surface area (Å²) in [4.78, 5) is 0. The third-order valence-electron chi connectivity index (χ3n) is 9.15. The summed E-state index contributed by atoms with van der Waals surface area (Å²) in [7, 11) is -2.81. The van der Waals surface area contributed by atoms with Gasteiger partial charge in [-0.15, -0.1) is 0 Å². The van der Waals surface area contributed by atoms with E-state index in [0.717, 1.165) is 0 Å². The van der Waals surface area contributed by atoms with Crippen LogP contribution in [0.1, 0.15) is 97.2 Å². The van der Waals surface area contributed by atoms with Crippen molar-refractivity contribution >= 4 is 28.8 Å². The Morgan fingerprint density at radius 2 is 0.911 bits per heavy atom. The molecule has 4 aromatic rings. The van der Waals surface area contributed by atoms with Crippen molar-refractivity contribution in [2.45, 2.75) is 91.2 Å². The predicted molar refractivity (Wildman–Crippen MR) is 182 cm³/mol. The summed E-state index contributed by atoms with van der Waals surface area (Å²) in [5.41, 5.74) is 12.7. The summed E-state index contributed by atoms with van der Waals surface area (Å²) >= 11 is 2.41. The zero-order valence-corrected chi connectivity index (χ0v) is 33.5. The van der Waals surface area contributed by atoms with E-state index in [1.165, 1.54) is 65.6 Å². The molecule has 0 heterocycles. The van der Waals surface area contributed by atoms with Gasteiger partial charge in [-0.2, -0.15) is 0 Å². The number of hydrogen-bond donors (Lipinski definition) is 0. The van der Waals surface area contributed by atoms with Gasteiger partial charge in [0.1, 0.15) is 0 Å². The summed E-state index contributed by atoms with van der Waals surface area (Å²) in [5.74, 6) is 0. The minimum atomic E-state index is -2.81. The van der Waals surface area contributed by atoms with E-state index in [2.05, 4.69) is 175 Å². The Morgan fingerprint density at radius 1 is 0.533 bits per heavy atom. The molecule has 5 rings (SSSR count). The smallest absolute Gasteiger partial charge is 1.00 e. The molecule has 1 aliphatic carbocycles. The molecule has 0 saturated heterocycles. The molecule has 0 N–H and O–H groups in total. The number of rotatable bonds is 4. The second kappa shape index (κ2) is 14.3. The van der Waals surface area contributed by atoms with E-state index in [1.54, 1.807) is 5.20 Å². The number of benzene rings is 4. The van der Waals surface area contributed by atoms with Gasteiger partial charge in [-0.05, 0) is 0 Å². The van der Waals surface area contributed by atoms with Gasteiger partial charge in [-0.3, -0.25) is 0 Å². The minimum Gasteiger partial charge on any atom is -1.00 e. The van der Waals surface area contributed by atoms with Crippen LogP contribution in [0.3, 0.4) is 0 Å². The van der Waals surface area contributed by atoms with Crippen molar-refractivity contribution in [3.63, 3.8) is 0 Å². The predicted octanol–water partition coefficient (Wildman–Crippen LogP) is -0.388. The van der Waals surface area contributed by atoms with Gasteiger partial charge in [-0.1, -0.05) is 0 Å². The van der Waals surface area contributed by atoms with Crippen molar-refractivity contribution in [3.05, 3.63) is 129 Å². The maximum atomic E-state index is 2.60. The average Bonchev–Trinajstić information content (AvgIpc) is 3.13. The third-order valence-corrected chi connectivity index (χ3v) is 15.2. The zero-order valence-electron chi connectivity index (χ0n) is 28.7. The Kier molecular flexibility index (Phi) is 12.6. The number of allylic oxidation sites excluding steroid dienone is 1. The van der Waals surface area contributed by atoms with Crippen LogP contribution >= 0.6 is 0 Å². The van der Waals surface area contributed by atoms with Crippen LogP contribution in [0, 0.1) is 27.7 Å². The molecule has 1 aliphatic rings. The first-order valence-electron chi connectivity index (χ1n) is 15.4. The number of halogens is 3. The molecule has 1 atom stereocenters. The molecule has 0 fully saturated rings. The van der Waals surface area contributed by atoms with Crippen molar-refractivity contribution in [3.8, 4) is 0 Å². The minimum absolute atomic E-state index is 0. The van der Waals surface area contributed by atoms with E-state index >= 15 is 0 Å². The van der Waals surface area contributed by atoms with E-state index in [9.17, 15) is 0 Å². The maximum absolute atomic E-state index is 2.81. The first kappa shape index (κ1) is 39.6. The van der Waals surface area contributed by atoms with Gasteiger partial charge in [0, 0.05) is 0 Å². The molecule has 45 heavy (non-hydrogen) atoms. The van der Waals surface area contributed by atoms with E-state index in [4.69, 9.17) is 0 Å². The van der Waals surface area contributed by atoms with Gasteiger partial charge in [0.15, 0.2) is 0 Å². The largest absolute Gasteiger partial charge is 1.00 e. The average molecular weight is 710 g/mol. The topological polar surface area (TPSA) is 0 Å². The molecule has 0 nitrogen and oxygen atoms in total. The van der Waals surface area contributed by atoms with Crippen molar-refractivity contribution < 1.29 is 57.7 Å². The number of aryl methyl sites for hydroxylation is 4. The summed E-state index contributed by atoms with van der Waals surface area (Å²) in [6, 6.07) is 31.7. The van der Waals surface area contributed by atoms with Crippen LogP contribution in [0.5, 0.6) is 0 Å². The molecule has 0 bridgehead atoms. The monoisotopic (exact) mass is 708 g/mol. The fraction of sp³-hybridized carbons (Fsp3) is 0.350. The van der Waals surface area contributed by atoms with Crippen molar-refractivity contribution in [1.29, 1.82) is 0 Å². The summed E-state index contributed by atoms with van der Waals surface area (Å²) < 4.78 is 0.396. The van der Waals surface area contributed by atoms with Crippen LogP contribution in [0.15, 0.2) is 84.4 Å². The third kappa shape index (κ3) is 7.30. The summed E-state index contributed by atoms with van der Waals surface area (Å²) in [5, 5.41) is 6.09. The van der Waals surface area contributed by atoms with Gasteiger partial charge in [-0.25, -0.2) is 0 Å². The SMILES string of the molecule is CC1=C([Si](c2cc(C)cc(C)c2)(c2cc(C)cc(C)c2)c2cc(C(C)(C)C)cc(C(C)(C)C)c2)c2ccccc2[CH]1[Ti+3].[Cl-].[Cl-].[Cl-]. The molecule has 0 spiro atoms. The van der Waals surface area contributed by atoms with Crippen LogP contribution in [0.25, 0.3) is 5.20 Å². The molecular formula is C40H47Cl3SiTi. The fourth-order valence-electron chi connectivity index (χ4n) is 7.09. The van der Waals surface area contributed by atoms with Crippen LogP contribution in [0.4, 0.5) is 0 Å². The summed E-state index contributed by atoms with van der Waals surface area (Å²) in [6.45, 7) is 25.7. The van der Waals surface area contributed by atoms with Crippen LogP contribution < -0.4 is 52.8 Å². The van der Waals surface area contributed by atoms with E-state index in [1.807, 2.05) is 0 Å². The van der Waals surface area contributed by atoms with E-state index < -0.39 is 8.07 Å². The standard InChI is InChI=1S/C40H47Si.3ClH.Ti/c1-26-16-27(2)19-34(18-26)41(35-20-28(3)17-29(4)21-35,38-30(5)22-31-14-12-13-15-37(31)38)36-24-32(39(6,7)8)23-33(25-36)40(9,10)11;;;;/h12-25H,1-11H3;3*1H;/q;;;;+3/p-3. The molecule has 5 heteroatoms. The first-order valence-corrected chi connectivity index (χ1v) is 18.3. The fourth-order valence-corrected chi connectivity index (χ4v) is 13.7. The Balaban J connectivity index is 0.00000235. The quantitative estimate of drug-likeness (QED) is 0.200. The van der Waals surface area contributed by atoms with Crippen LogP contribution in [-0.4, -0.2) is 8.07 Å². The van der Waals surface area contributed by atoms with E-state index in [0.29, 0.717) is 4.22 Å². The molecule has 1 unspecified atom stereocenters. The van der Waals surface area contributed by atoms with Crippen molar-refractivity contribution in [1.82, 2.24) is 0 Å². The molecule has 236 valence electrons. The van der Waals surface area contributed by atoms with Gasteiger partial charge >= 0.3 is 269 Å². The van der Waals surface area contributed by atoms with Crippen molar-refractivity contribution in [2.75, 3.05) is 0 Å². The Hall–Kier alpha value is -1.58. The second-order valence-electron chi connectivity index (χ2n) is 14.9. The second-order valence-corrected chi connectivity index (χ2v) is 19.5. The molecule has 0 aromatic heterocycles. The van der Waals surface area contributed by atoms with E-state index in [-0.39, 0.29) is 48.1 Å². The molecule has 0 radical (unpaired) electrons. The zero-order chi connectivity index (χ0) is 30.8. The van der Waals surface area contributed by atoms with Crippen molar-refractivity contribution in [2.24, 2.45) is 0 Å². The van der Waals surface area contributed by atoms with Gasteiger partial charge in [0.05, 0.1) is 0 Å². The van der Waals surface area contributed by atoms with Crippen LogP contribution in [0.2, 0.25) is 0 Å². The first-order chi connectivity index (χ1) is 19.5. The van der Waals surface area contributed by atoms with Gasteiger partial charge in [0.2, 0.25) is 0 Å². The molecule has 4 aromatic carbocycles. The summed E-state index contributed by atoms with van der Waals surface area (Å²) in [6.07, 6.45) is 0. The Bertz CT molecular complexity index is 1600. The maximum Gasteiger partial charge on any atom is -1.00 e. The Morgan fingerprint density at radius 3 is 1.31 bits per heavy atom. The molecule has 0 aliphatic heterocycles. The van der Waals surface area contributed by atoms with Crippen LogP contribution in [-0.2, 0) is 31.3 Å². The van der Waals surface area contributed by atoms with Gasteiger partial charge in [0.25, 0.3) is 0 Å². The number of fused-ring (bicyclic) bond motifs is 1. The number of hydrogen-bond acceptors (Lipinski definition) is 0. The molecule has 0 amide bonds. The normalized spacial score (nSPS) is 14.7.